The Morgan fingerprint density at radius 2 is 1.45 bits per heavy atom. The maximum Gasteiger partial charge on any atom is 0.306 e. The van der Waals surface area contributed by atoms with Gasteiger partial charge in [0.05, 0.1) is 32.4 Å². The van der Waals surface area contributed by atoms with Crippen LogP contribution in [0.1, 0.15) is 29.5 Å². The lowest BCUT2D eigenvalue weighted by molar-refractivity contribution is -0.141. The molecule has 0 aliphatic heterocycles. The molecule has 3 aromatic carbocycles. The van der Waals surface area contributed by atoms with Crippen LogP contribution in [0.5, 0.6) is 5.75 Å². The summed E-state index contributed by atoms with van der Waals surface area (Å²) in [5.41, 5.74) is 2.43. The molecule has 0 aliphatic rings. The Morgan fingerprint density at radius 3 is 2.00 bits per heavy atom. The van der Waals surface area contributed by atoms with Crippen molar-refractivity contribution in [1.29, 1.82) is 0 Å². The maximum atomic E-state index is 12.2. The topological polar surface area (TPSA) is 59.0 Å². The molecule has 2 atom stereocenters. The third-order valence-electron chi connectivity index (χ3n) is 4.96. The van der Waals surface area contributed by atoms with Gasteiger partial charge in [-0.2, -0.15) is 0 Å². The van der Waals surface area contributed by atoms with Gasteiger partial charge in [0, 0.05) is 5.92 Å². The minimum absolute atomic E-state index is 0.126. The van der Waals surface area contributed by atoms with Gasteiger partial charge < -0.3 is 9.47 Å². The molecule has 0 aliphatic carbocycles. The highest BCUT2D eigenvalue weighted by molar-refractivity contribution is 5.71. The summed E-state index contributed by atoms with van der Waals surface area (Å²) in [6, 6.07) is 26.0. The summed E-state index contributed by atoms with van der Waals surface area (Å²) in [6.45, 7) is 0. The van der Waals surface area contributed by atoms with Crippen LogP contribution in [0.15, 0.2) is 84.9 Å². The van der Waals surface area contributed by atoms with Gasteiger partial charge in [-0.3, -0.25) is 10.0 Å². The Balaban J connectivity index is 2.10. The summed E-state index contributed by atoms with van der Waals surface area (Å²) in [5.74, 6) is 0.0574. The summed E-state index contributed by atoms with van der Waals surface area (Å²) >= 11 is 0. The molecule has 3 rings (SSSR count). The number of hydrogen-bond donors (Lipinski definition) is 1. The molecule has 0 amide bonds. The van der Waals surface area contributed by atoms with Crippen molar-refractivity contribution in [2.75, 3.05) is 19.3 Å². The van der Waals surface area contributed by atoms with Gasteiger partial charge in [0.2, 0.25) is 0 Å². The lowest BCUT2D eigenvalue weighted by atomic mass is 9.84. The van der Waals surface area contributed by atoms with Crippen molar-refractivity contribution in [3.8, 4) is 5.75 Å². The summed E-state index contributed by atoms with van der Waals surface area (Å²) in [4.78, 5) is 12.2. The average molecular weight is 391 g/mol. The quantitative estimate of drug-likeness (QED) is 0.434. The predicted octanol–water partition coefficient (Wildman–Crippen LogP) is 4.98. The van der Waals surface area contributed by atoms with Crippen LogP contribution in [0, 0.1) is 0 Å². The molecule has 0 bridgehead atoms. The third kappa shape index (κ3) is 4.95. The molecule has 0 fully saturated rings. The Morgan fingerprint density at radius 1 is 0.862 bits per heavy atom. The van der Waals surface area contributed by atoms with Crippen molar-refractivity contribution in [3.05, 3.63) is 96.1 Å². The zero-order valence-electron chi connectivity index (χ0n) is 16.6. The van der Waals surface area contributed by atoms with Gasteiger partial charge >= 0.3 is 5.97 Å². The molecule has 29 heavy (non-hydrogen) atoms. The van der Waals surface area contributed by atoms with E-state index >= 15 is 0 Å². The van der Waals surface area contributed by atoms with Crippen LogP contribution in [0.25, 0.3) is 0 Å². The number of rotatable bonds is 8. The number of hydroxylamine groups is 1. The molecule has 0 aromatic heterocycles. The smallest absolute Gasteiger partial charge is 0.306 e. The first kappa shape index (κ1) is 20.4. The molecular weight excluding hydrogens is 366 g/mol. The summed E-state index contributed by atoms with van der Waals surface area (Å²) < 4.78 is 10.2. The van der Waals surface area contributed by atoms with Crippen LogP contribution < -0.4 is 9.80 Å². The Labute approximate surface area is 171 Å². The molecular formula is C24H25NO4. The SMILES string of the molecule is COC(=O)C[C@H](c1ccccc1)[C@H](c1ccc(OC)cc1)N(O)c1ccccc1. The van der Waals surface area contributed by atoms with Crippen LogP contribution in [0.4, 0.5) is 5.69 Å². The fourth-order valence-corrected chi connectivity index (χ4v) is 3.46. The molecule has 1 N–H and O–H groups in total. The largest absolute Gasteiger partial charge is 0.497 e. The van der Waals surface area contributed by atoms with Crippen molar-refractivity contribution in [2.45, 2.75) is 18.4 Å². The number of anilines is 1. The van der Waals surface area contributed by atoms with Crippen LogP contribution >= 0.6 is 0 Å². The first-order chi connectivity index (χ1) is 14.1. The van der Waals surface area contributed by atoms with Crippen molar-refractivity contribution in [2.24, 2.45) is 0 Å². The van der Waals surface area contributed by atoms with Gasteiger partial charge in [-0.1, -0.05) is 60.7 Å². The number of hydrogen-bond acceptors (Lipinski definition) is 5. The van der Waals surface area contributed by atoms with Gasteiger partial charge in [-0.15, -0.1) is 0 Å². The summed E-state index contributed by atoms with van der Waals surface area (Å²) in [7, 11) is 2.99. The van der Waals surface area contributed by atoms with Crippen molar-refractivity contribution in [1.82, 2.24) is 0 Å². The molecule has 0 spiro atoms. The first-order valence-corrected chi connectivity index (χ1v) is 9.43. The molecule has 150 valence electrons. The molecule has 0 saturated carbocycles. The number of nitrogens with zero attached hydrogens (tertiary/aromatic N) is 1. The number of methoxy groups -OCH3 is 2. The van der Waals surface area contributed by atoms with E-state index in [-0.39, 0.29) is 18.3 Å². The van der Waals surface area contributed by atoms with Gasteiger partial charge in [0.15, 0.2) is 0 Å². The molecule has 0 heterocycles. The van der Waals surface area contributed by atoms with E-state index in [1.54, 1.807) is 7.11 Å². The predicted molar refractivity (Wildman–Crippen MR) is 112 cm³/mol. The number of carbonyl (C=O) groups is 1. The van der Waals surface area contributed by atoms with E-state index in [0.717, 1.165) is 16.9 Å². The van der Waals surface area contributed by atoms with E-state index in [1.807, 2.05) is 84.9 Å². The van der Waals surface area contributed by atoms with Crippen molar-refractivity contribution in [3.63, 3.8) is 0 Å². The Bertz CT molecular complexity index is 897. The number of ether oxygens (including phenoxy) is 2. The standard InChI is InChI=1S/C24H25NO4/c1-28-21-15-13-19(14-16-21)24(25(27)20-11-7-4-8-12-20)22(17-23(26)29-2)18-9-5-3-6-10-18/h3-16,22,24,27H,17H2,1-2H3/t22-,24+/m1/s1. The Hall–Kier alpha value is -3.31. The zero-order valence-corrected chi connectivity index (χ0v) is 16.6. The second kappa shape index (κ2) is 9.75. The van der Waals surface area contributed by atoms with Gasteiger partial charge in [-0.25, -0.2) is 5.06 Å². The van der Waals surface area contributed by atoms with E-state index in [9.17, 15) is 10.0 Å². The lowest BCUT2D eigenvalue weighted by Gasteiger charge is -2.34. The second-order valence-corrected chi connectivity index (χ2v) is 6.70. The maximum absolute atomic E-state index is 12.2. The third-order valence-corrected chi connectivity index (χ3v) is 4.96. The number of para-hydroxylation sites is 1. The number of carbonyl (C=O) groups excluding carboxylic acids is 1. The van der Waals surface area contributed by atoms with Crippen LogP contribution in [0.3, 0.4) is 0 Å². The first-order valence-electron chi connectivity index (χ1n) is 9.43. The monoisotopic (exact) mass is 391 g/mol. The summed E-state index contributed by atoms with van der Waals surface area (Å²) in [5, 5.41) is 12.5. The number of esters is 1. The zero-order chi connectivity index (χ0) is 20.6. The van der Waals surface area contributed by atoms with Gasteiger partial charge in [0.1, 0.15) is 5.75 Å². The lowest BCUT2D eigenvalue weighted by Crippen LogP contribution is -2.31. The fourth-order valence-electron chi connectivity index (χ4n) is 3.46. The molecule has 0 saturated heterocycles. The molecule has 3 aromatic rings. The van der Waals surface area contributed by atoms with Gasteiger partial charge in [0.25, 0.3) is 0 Å². The Kier molecular flexibility index (Phi) is 6.87. The highest BCUT2D eigenvalue weighted by Gasteiger charge is 2.32. The van der Waals surface area contributed by atoms with Gasteiger partial charge in [-0.05, 0) is 35.4 Å². The van der Waals surface area contributed by atoms with E-state index < -0.39 is 6.04 Å². The average Bonchev–Trinajstić information content (AvgIpc) is 2.80. The molecule has 0 radical (unpaired) electrons. The summed E-state index contributed by atoms with van der Waals surface area (Å²) in [6.07, 6.45) is 0.126. The van der Waals surface area contributed by atoms with Crippen LogP contribution in [-0.4, -0.2) is 25.4 Å². The molecule has 0 unspecified atom stereocenters. The second-order valence-electron chi connectivity index (χ2n) is 6.70. The highest BCUT2D eigenvalue weighted by atomic mass is 16.5. The fraction of sp³-hybridized carbons (Fsp3) is 0.208. The van der Waals surface area contributed by atoms with Crippen molar-refractivity contribution >= 4 is 11.7 Å². The molecule has 5 heteroatoms. The number of benzene rings is 3. The van der Waals surface area contributed by atoms with Crippen LogP contribution in [-0.2, 0) is 9.53 Å². The van der Waals surface area contributed by atoms with E-state index in [2.05, 4.69) is 0 Å². The van der Waals surface area contributed by atoms with Crippen molar-refractivity contribution < 1.29 is 19.5 Å². The highest BCUT2D eigenvalue weighted by Crippen LogP contribution is 2.40. The normalized spacial score (nSPS) is 12.7. The molecule has 5 nitrogen and oxygen atoms in total. The van der Waals surface area contributed by atoms with E-state index in [0.29, 0.717) is 5.69 Å². The van der Waals surface area contributed by atoms with Crippen LogP contribution in [0.2, 0.25) is 0 Å². The van der Waals surface area contributed by atoms with E-state index in [4.69, 9.17) is 9.47 Å². The minimum Gasteiger partial charge on any atom is -0.497 e. The minimum atomic E-state index is -0.509. The van der Waals surface area contributed by atoms with E-state index in [1.165, 1.54) is 12.2 Å².